The van der Waals surface area contributed by atoms with Crippen LogP contribution in [0.25, 0.3) is 0 Å². The molecule has 0 rings (SSSR count). The number of nitrogens with zero attached hydrogens (tertiary/aromatic N) is 1. The Balaban J connectivity index is 6.85. The zero-order valence-corrected chi connectivity index (χ0v) is 36.1. The number of carbonyl (C=O) groups is 1. The first-order valence-electron chi connectivity index (χ1n) is 21.1. The van der Waals surface area contributed by atoms with Crippen LogP contribution in [0.4, 0.5) is 0 Å². The molecule has 318 valence electrons. The van der Waals surface area contributed by atoms with Crippen molar-refractivity contribution in [1.29, 1.82) is 0 Å². The summed E-state index contributed by atoms with van der Waals surface area (Å²) in [5.41, 5.74) is -3.86. The number of carboxylic acids is 1. The summed E-state index contributed by atoms with van der Waals surface area (Å²) in [5, 5.41) is 32.4. The Kier molecular flexibility index (Phi) is 26.5. The molecule has 0 amide bonds. The summed E-state index contributed by atoms with van der Waals surface area (Å²) in [6.07, 6.45) is 22.1. The first-order chi connectivity index (χ1) is 24.9. The third-order valence-electron chi connectivity index (χ3n) is 12.5. The lowest BCUT2D eigenvalue weighted by Gasteiger charge is -2.66. The molecule has 13 heteroatoms. The van der Waals surface area contributed by atoms with Crippen molar-refractivity contribution in [2.24, 2.45) is 0 Å². The molecule has 3 atom stereocenters. The zero-order valence-electron chi connectivity index (χ0n) is 34.5. The molecule has 53 heavy (non-hydrogen) atoms. The van der Waals surface area contributed by atoms with Crippen molar-refractivity contribution in [2.75, 3.05) is 31.8 Å². The van der Waals surface area contributed by atoms with Crippen LogP contribution in [-0.4, -0.2) is 100 Å². The summed E-state index contributed by atoms with van der Waals surface area (Å²) >= 11 is 0. The van der Waals surface area contributed by atoms with E-state index in [-0.39, 0.29) is 43.2 Å². The number of carboxylic acid groups (broad SMARTS) is 1. The number of hydrogen-bond acceptors (Lipinski definition) is 7. The SMILES string of the molecule is CCCCCCCCCCCCC(C)(C)[N+](C)(C(CCO)(CCCCCCCCCCCC)CCS(=O)(=O)O)C(CCO)(CCCS(=O)(=O)O)C(=O)O. The average Bonchev–Trinajstić information content (AvgIpc) is 3.06. The van der Waals surface area contributed by atoms with Crippen molar-refractivity contribution in [3.63, 3.8) is 0 Å². The van der Waals surface area contributed by atoms with E-state index in [0.717, 1.165) is 51.4 Å². The lowest BCUT2D eigenvalue weighted by molar-refractivity contribution is -1.04. The minimum atomic E-state index is -4.49. The molecular formula is C40H82NO10S2+. The predicted molar refractivity (Wildman–Crippen MR) is 216 cm³/mol. The molecule has 0 bridgehead atoms. The summed E-state index contributed by atoms with van der Waals surface area (Å²) in [4.78, 5) is 13.8. The molecule has 0 aliphatic carbocycles. The largest absolute Gasteiger partial charge is 0.477 e. The molecule has 0 fully saturated rings. The first-order valence-corrected chi connectivity index (χ1v) is 24.3. The Labute approximate surface area is 325 Å². The normalized spacial score (nSPS) is 16.2. The molecule has 0 aliphatic heterocycles. The highest BCUT2D eigenvalue weighted by atomic mass is 32.2. The van der Waals surface area contributed by atoms with Crippen molar-refractivity contribution in [2.45, 2.75) is 218 Å². The van der Waals surface area contributed by atoms with Gasteiger partial charge in [-0.2, -0.15) is 16.8 Å². The van der Waals surface area contributed by atoms with Crippen LogP contribution >= 0.6 is 0 Å². The number of aliphatic hydroxyl groups excluding tert-OH is 2. The van der Waals surface area contributed by atoms with Crippen LogP contribution in [0, 0.1) is 0 Å². The third-order valence-corrected chi connectivity index (χ3v) is 14.0. The van der Waals surface area contributed by atoms with Crippen LogP contribution in [0.5, 0.6) is 0 Å². The molecule has 0 aromatic rings. The second-order valence-electron chi connectivity index (χ2n) is 16.6. The number of quaternary nitrogens is 1. The molecule has 0 aromatic carbocycles. The second kappa shape index (κ2) is 26.9. The van der Waals surface area contributed by atoms with E-state index in [1.165, 1.54) is 70.6 Å². The molecule has 0 radical (unpaired) electrons. The van der Waals surface area contributed by atoms with Crippen LogP contribution in [0.2, 0.25) is 0 Å². The fourth-order valence-electron chi connectivity index (χ4n) is 9.17. The van der Waals surface area contributed by atoms with E-state index in [4.69, 9.17) is 0 Å². The zero-order chi connectivity index (χ0) is 40.5. The van der Waals surface area contributed by atoms with E-state index >= 15 is 0 Å². The van der Waals surface area contributed by atoms with Gasteiger partial charge >= 0.3 is 5.97 Å². The third kappa shape index (κ3) is 18.8. The van der Waals surface area contributed by atoms with Crippen molar-refractivity contribution in [3.8, 4) is 0 Å². The second-order valence-corrected chi connectivity index (χ2v) is 19.8. The molecule has 0 aliphatic rings. The van der Waals surface area contributed by atoms with Crippen LogP contribution in [0.15, 0.2) is 0 Å². The van der Waals surface area contributed by atoms with Crippen molar-refractivity contribution in [1.82, 2.24) is 0 Å². The number of unbranched alkanes of at least 4 members (excludes halogenated alkanes) is 18. The first kappa shape index (κ1) is 52.2. The van der Waals surface area contributed by atoms with Gasteiger partial charge in [0.2, 0.25) is 0 Å². The van der Waals surface area contributed by atoms with Gasteiger partial charge in [0.15, 0.2) is 5.54 Å². The molecular weight excluding hydrogens is 719 g/mol. The van der Waals surface area contributed by atoms with Gasteiger partial charge in [-0.25, -0.2) is 4.79 Å². The van der Waals surface area contributed by atoms with Crippen molar-refractivity contribution < 1.29 is 50.5 Å². The van der Waals surface area contributed by atoms with E-state index in [1.54, 1.807) is 7.05 Å². The maximum atomic E-state index is 13.8. The highest BCUT2D eigenvalue weighted by molar-refractivity contribution is 7.86. The summed E-state index contributed by atoms with van der Waals surface area (Å²) in [5.74, 6) is -2.55. The quantitative estimate of drug-likeness (QED) is 0.0230. The smallest absolute Gasteiger partial charge is 0.365 e. The Morgan fingerprint density at radius 3 is 1.25 bits per heavy atom. The highest BCUT2D eigenvalue weighted by Gasteiger charge is 2.68. The Morgan fingerprint density at radius 2 is 0.887 bits per heavy atom. The molecule has 5 N–H and O–H groups in total. The summed E-state index contributed by atoms with van der Waals surface area (Å²) in [6.45, 7) is 7.46. The minimum absolute atomic E-state index is 0.0522. The van der Waals surface area contributed by atoms with Gasteiger partial charge in [0.25, 0.3) is 20.2 Å². The van der Waals surface area contributed by atoms with Crippen LogP contribution in [0.1, 0.15) is 201 Å². The molecule has 0 saturated heterocycles. The summed E-state index contributed by atoms with van der Waals surface area (Å²) in [7, 11) is -7.11. The summed E-state index contributed by atoms with van der Waals surface area (Å²) < 4.78 is 67.9. The van der Waals surface area contributed by atoms with E-state index in [9.17, 15) is 46.1 Å². The van der Waals surface area contributed by atoms with Gasteiger partial charge in [-0.3, -0.25) is 9.11 Å². The number of aliphatic hydroxyl groups is 2. The monoisotopic (exact) mass is 801 g/mol. The van der Waals surface area contributed by atoms with Gasteiger partial charge in [0.05, 0.1) is 24.1 Å². The number of likely N-dealkylation sites (N-methyl/N-ethyl adjacent to an activating group) is 1. The van der Waals surface area contributed by atoms with E-state index in [1.807, 2.05) is 13.8 Å². The number of hydrogen-bond donors (Lipinski definition) is 5. The van der Waals surface area contributed by atoms with Crippen molar-refractivity contribution >= 4 is 26.2 Å². The topological polar surface area (TPSA) is 186 Å². The fraction of sp³-hybridized carbons (Fsp3) is 0.975. The number of aliphatic carboxylic acids is 1. The van der Waals surface area contributed by atoms with E-state index in [0.29, 0.717) is 19.3 Å². The predicted octanol–water partition coefficient (Wildman–Crippen LogP) is 9.11. The van der Waals surface area contributed by atoms with E-state index in [2.05, 4.69) is 13.8 Å². The van der Waals surface area contributed by atoms with Gasteiger partial charge in [0.1, 0.15) is 5.54 Å². The van der Waals surface area contributed by atoms with Crippen LogP contribution in [0.3, 0.4) is 0 Å². The van der Waals surface area contributed by atoms with Gasteiger partial charge in [0, 0.05) is 51.7 Å². The molecule has 0 heterocycles. The van der Waals surface area contributed by atoms with Gasteiger partial charge < -0.3 is 19.8 Å². The minimum Gasteiger partial charge on any atom is -0.477 e. The van der Waals surface area contributed by atoms with Crippen LogP contribution in [-0.2, 0) is 25.0 Å². The Bertz CT molecular complexity index is 1180. The lowest BCUT2D eigenvalue weighted by Crippen LogP contribution is -2.82. The van der Waals surface area contributed by atoms with Gasteiger partial charge in [-0.15, -0.1) is 0 Å². The molecule has 11 nitrogen and oxygen atoms in total. The standard InChI is InChI=1S/C40H81NO10S2/c1-6-8-10-12-14-16-18-20-22-24-27-38(3,4)41(5,40(31-34-43,37(44)45)29-26-35-52(46,47)48)39(30-33-42,32-36-53(49,50)51)28-25-23-21-19-17-15-13-11-9-7-2/h42-43H,6-36H2,1-5H3,(H2-,44,45,46,47,48,49,50,51)/p+1. The van der Waals surface area contributed by atoms with Gasteiger partial charge in [-0.05, 0) is 33.1 Å². The summed E-state index contributed by atoms with van der Waals surface area (Å²) in [6, 6.07) is 0. The molecule has 0 spiro atoms. The molecule has 0 aromatic heterocycles. The molecule has 0 saturated carbocycles. The average molecular weight is 801 g/mol. The fourth-order valence-corrected chi connectivity index (χ4v) is 10.3. The maximum absolute atomic E-state index is 13.8. The van der Waals surface area contributed by atoms with Gasteiger partial charge in [-0.1, -0.05) is 129 Å². The molecule has 3 unspecified atom stereocenters. The number of rotatable bonds is 37. The Morgan fingerprint density at radius 1 is 0.509 bits per heavy atom. The highest BCUT2D eigenvalue weighted by Crippen LogP contribution is 2.53. The van der Waals surface area contributed by atoms with E-state index < -0.39 is 60.9 Å². The lowest BCUT2D eigenvalue weighted by atomic mass is 9.69. The van der Waals surface area contributed by atoms with Crippen molar-refractivity contribution in [3.05, 3.63) is 0 Å². The Hall–Kier alpha value is -0.830. The van der Waals surface area contributed by atoms with Crippen LogP contribution < -0.4 is 0 Å². The maximum Gasteiger partial charge on any atom is 0.365 e.